The predicted molar refractivity (Wildman–Crippen MR) is 59.8 cm³/mol. The minimum atomic E-state index is -3.25. The molecule has 0 unspecified atom stereocenters. The number of carbonyl (C=O) groups is 1. The van der Waals surface area contributed by atoms with Crippen LogP contribution in [0.1, 0.15) is 6.42 Å². The molecule has 0 bridgehead atoms. The molecule has 88 valence electrons. The van der Waals surface area contributed by atoms with Gasteiger partial charge in [-0.1, -0.05) is 15.9 Å². The number of nitrogens with one attached hydrogen (secondary N) is 1. The molecule has 1 aromatic carbocycles. The van der Waals surface area contributed by atoms with Gasteiger partial charge in [-0.3, -0.25) is 4.79 Å². The molecule has 1 rings (SSSR count). The third-order valence-corrected chi connectivity index (χ3v) is 2.33. The zero-order chi connectivity index (χ0) is 12.2. The fourth-order valence-corrected chi connectivity index (χ4v) is 1.35. The Kier molecular flexibility index (Phi) is 4.23. The Morgan fingerprint density at radius 1 is 1.38 bits per heavy atom. The number of benzene rings is 1. The molecule has 0 saturated heterocycles. The zero-order valence-corrected chi connectivity index (χ0v) is 9.80. The molecule has 0 aliphatic rings. The third-order valence-electron chi connectivity index (χ3n) is 1.81. The summed E-state index contributed by atoms with van der Waals surface area (Å²) in [5.41, 5.74) is 0.522. The molecule has 0 amide bonds. The van der Waals surface area contributed by atoms with E-state index in [1.165, 1.54) is 0 Å². The van der Waals surface area contributed by atoms with Gasteiger partial charge in [0.05, 0.1) is 6.54 Å². The van der Waals surface area contributed by atoms with Crippen LogP contribution in [0.15, 0.2) is 28.7 Å². The van der Waals surface area contributed by atoms with Crippen LogP contribution in [0, 0.1) is 0 Å². The predicted octanol–water partition coefficient (Wildman–Crippen LogP) is 2.97. The smallest absolute Gasteiger partial charge is 0.309 e. The number of alkyl halides is 2. The first-order chi connectivity index (χ1) is 7.39. The molecular weight excluding hydrogens is 284 g/mol. The summed E-state index contributed by atoms with van der Waals surface area (Å²) < 4.78 is 26.8. The highest BCUT2D eigenvalue weighted by atomic mass is 79.9. The Bertz CT molecular complexity index is 368. The second-order valence-electron chi connectivity index (χ2n) is 3.29. The first-order valence-corrected chi connectivity index (χ1v) is 5.27. The summed E-state index contributed by atoms with van der Waals surface area (Å²) in [7, 11) is 0. The molecule has 0 aromatic heterocycles. The summed E-state index contributed by atoms with van der Waals surface area (Å²) in [5, 5.41) is 10.8. The fraction of sp³-hybridized carbons (Fsp3) is 0.300. The van der Waals surface area contributed by atoms with Gasteiger partial charge in [0.15, 0.2) is 0 Å². The van der Waals surface area contributed by atoms with E-state index in [2.05, 4.69) is 21.2 Å². The van der Waals surface area contributed by atoms with Crippen LogP contribution < -0.4 is 5.32 Å². The second kappa shape index (κ2) is 5.25. The molecular formula is C10H10BrF2NO2. The van der Waals surface area contributed by atoms with Gasteiger partial charge in [-0.15, -0.1) is 0 Å². The van der Waals surface area contributed by atoms with E-state index in [1.807, 2.05) is 0 Å². The number of halogens is 3. The van der Waals surface area contributed by atoms with Crippen molar-refractivity contribution in [2.75, 3.05) is 11.9 Å². The molecule has 6 heteroatoms. The van der Waals surface area contributed by atoms with Crippen molar-refractivity contribution in [3.63, 3.8) is 0 Å². The van der Waals surface area contributed by atoms with Crippen LogP contribution in [0.4, 0.5) is 14.5 Å². The van der Waals surface area contributed by atoms with Crippen molar-refractivity contribution in [3.8, 4) is 0 Å². The van der Waals surface area contributed by atoms with Crippen LogP contribution in [0.3, 0.4) is 0 Å². The number of rotatable bonds is 5. The molecule has 0 aliphatic carbocycles. The van der Waals surface area contributed by atoms with Crippen molar-refractivity contribution in [1.29, 1.82) is 0 Å². The fourth-order valence-electron chi connectivity index (χ4n) is 1.08. The summed E-state index contributed by atoms with van der Waals surface area (Å²) in [6.07, 6.45) is -1.17. The van der Waals surface area contributed by atoms with Gasteiger partial charge in [-0.2, -0.15) is 0 Å². The minimum absolute atomic E-state index is 0.522. The van der Waals surface area contributed by atoms with Crippen LogP contribution >= 0.6 is 15.9 Å². The maximum Gasteiger partial charge on any atom is 0.309 e. The Hall–Kier alpha value is -1.17. The van der Waals surface area contributed by atoms with E-state index in [4.69, 9.17) is 5.11 Å². The largest absolute Gasteiger partial charge is 0.481 e. The highest BCUT2D eigenvalue weighted by molar-refractivity contribution is 9.10. The normalized spacial score (nSPS) is 11.2. The summed E-state index contributed by atoms with van der Waals surface area (Å²) in [4.78, 5) is 10.2. The quantitative estimate of drug-likeness (QED) is 0.877. The summed E-state index contributed by atoms with van der Waals surface area (Å²) in [6.45, 7) is -0.694. The third kappa shape index (κ3) is 4.57. The lowest BCUT2D eigenvalue weighted by atomic mass is 10.2. The Balaban J connectivity index is 2.50. The van der Waals surface area contributed by atoms with Gasteiger partial charge >= 0.3 is 5.97 Å². The van der Waals surface area contributed by atoms with Gasteiger partial charge < -0.3 is 10.4 Å². The number of anilines is 1. The van der Waals surface area contributed by atoms with E-state index < -0.39 is 24.9 Å². The molecule has 0 radical (unpaired) electrons. The summed E-state index contributed by atoms with van der Waals surface area (Å²) in [5.74, 6) is -4.76. The minimum Gasteiger partial charge on any atom is -0.481 e. The molecule has 3 nitrogen and oxygen atoms in total. The lowest BCUT2D eigenvalue weighted by Crippen LogP contribution is -2.29. The zero-order valence-electron chi connectivity index (χ0n) is 8.21. The van der Waals surface area contributed by atoms with Crippen LogP contribution in [-0.4, -0.2) is 23.5 Å². The topological polar surface area (TPSA) is 49.3 Å². The number of hydrogen-bond donors (Lipinski definition) is 2. The van der Waals surface area contributed by atoms with E-state index >= 15 is 0 Å². The number of aliphatic carboxylic acids is 1. The van der Waals surface area contributed by atoms with Crippen molar-refractivity contribution in [2.45, 2.75) is 12.3 Å². The highest BCUT2D eigenvalue weighted by Gasteiger charge is 2.31. The van der Waals surface area contributed by atoms with E-state index in [9.17, 15) is 13.6 Å². The SMILES string of the molecule is O=C(O)CC(F)(F)CNc1ccc(Br)cc1. The van der Waals surface area contributed by atoms with E-state index in [0.717, 1.165) is 4.47 Å². The lowest BCUT2D eigenvalue weighted by Gasteiger charge is -2.15. The van der Waals surface area contributed by atoms with Gasteiger partial charge in [0.25, 0.3) is 5.92 Å². The van der Waals surface area contributed by atoms with Crippen molar-refractivity contribution in [2.24, 2.45) is 0 Å². The molecule has 16 heavy (non-hydrogen) atoms. The first-order valence-electron chi connectivity index (χ1n) is 4.48. The Morgan fingerprint density at radius 2 is 1.94 bits per heavy atom. The number of carboxylic acid groups (broad SMARTS) is 1. The first kappa shape index (κ1) is 12.9. The van der Waals surface area contributed by atoms with Crippen LogP contribution in [0.2, 0.25) is 0 Å². The average molecular weight is 294 g/mol. The van der Waals surface area contributed by atoms with E-state index in [0.29, 0.717) is 5.69 Å². The maximum atomic E-state index is 13.0. The average Bonchev–Trinajstić information content (AvgIpc) is 2.15. The van der Waals surface area contributed by atoms with Gasteiger partial charge in [-0.25, -0.2) is 8.78 Å². The highest BCUT2D eigenvalue weighted by Crippen LogP contribution is 2.20. The molecule has 0 fully saturated rings. The number of hydrogen-bond acceptors (Lipinski definition) is 2. The molecule has 0 heterocycles. The summed E-state index contributed by atoms with van der Waals surface area (Å²) in [6, 6.07) is 6.66. The Morgan fingerprint density at radius 3 is 2.44 bits per heavy atom. The lowest BCUT2D eigenvalue weighted by molar-refractivity contribution is -0.144. The maximum absolute atomic E-state index is 13.0. The molecule has 0 aliphatic heterocycles. The molecule has 0 atom stereocenters. The second-order valence-corrected chi connectivity index (χ2v) is 4.20. The number of carboxylic acids is 1. The molecule has 0 spiro atoms. The van der Waals surface area contributed by atoms with Gasteiger partial charge in [0, 0.05) is 10.2 Å². The molecule has 1 aromatic rings. The van der Waals surface area contributed by atoms with Crippen molar-refractivity contribution >= 4 is 27.6 Å². The van der Waals surface area contributed by atoms with Crippen molar-refractivity contribution < 1.29 is 18.7 Å². The van der Waals surface area contributed by atoms with Crippen molar-refractivity contribution in [1.82, 2.24) is 0 Å². The monoisotopic (exact) mass is 293 g/mol. The standard InChI is InChI=1S/C10H10BrF2NO2/c11-7-1-3-8(4-2-7)14-6-10(12,13)5-9(15)16/h1-4,14H,5-6H2,(H,15,16). The van der Waals surface area contributed by atoms with Crippen LogP contribution in [-0.2, 0) is 4.79 Å². The van der Waals surface area contributed by atoms with Crippen molar-refractivity contribution in [3.05, 3.63) is 28.7 Å². The van der Waals surface area contributed by atoms with Gasteiger partial charge in [-0.05, 0) is 24.3 Å². The molecule has 2 N–H and O–H groups in total. The van der Waals surface area contributed by atoms with Crippen LogP contribution in [0.25, 0.3) is 0 Å². The van der Waals surface area contributed by atoms with Gasteiger partial charge in [0.1, 0.15) is 6.42 Å². The van der Waals surface area contributed by atoms with E-state index in [1.54, 1.807) is 24.3 Å². The molecule has 0 saturated carbocycles. The summed E-state index contributed by atoms with van der Waals surface area (Å²) >= 11 is 3.22. The Labute approximate surface area is 99.6 Å². The van der Waals surface area contributed by atoms with Gasteiger partial charge in [0.2, 0.25) is 0 Å². The van der Waals surface area contributed by atoms with Crippen LogP contribution in [0.5, 0.6) is 0 Å². The van der Waals surface area contributed by atoms with E-state index in [-0.39, 0.29) is 0 Å².